The molecule has 4 aromatic rings. The van der Waals surface area contributed by atoms with Crippen molar-refractivity contribution in [2.75, 3.05) is 0 Å². The third-order valence-corrected chi connectivity index (χ3v) is 6.78. The van der Waals surface area contributed by atoms with Gasteiger partial charge in [0, 0.05) is 0 Å². The van der Waals surface area contributed by atoms with E-state index in [-0.39, 0.29) is 29.1 Å². The van der Waals surface area contributed by atoms with E-state index in [2.05, 4.69) is 13.5 Å². The standard InChI is InChI=1S/C31H30O4.C3H5.CH3.Ti/c1-29(2)34-27(30(32,23-15-7-3-8-16-23)24-17-9-4-10-18-24)28(35-29)31(33,25-19-11-5-12-20-25)26-21-13-6-14-22-26;1-3-2;;/h3-22,27-28,32-33H,1-2H3;3H,1-2H2;1H3;/q;2*-1;+2/t27-,28-;;;/m0.../s1. The van der Waals surface area contributed by atoms with E-state index in [1.54, 1.807) is 0 Å². The van der Waals surface area contributed by atoms with Crippen molar-refractivity contribution in [1.29, 1.82) is 0 Å². The Hall–Kier alpha value is -2.96. The molecule has 1 aliphatic heterocycles. The molecule has 0 saturated carbocycles. The van der Waals surface area contributed by atoms with Crippen LogP contribution < -0.4 is 0 Å². The summed E-state index contributed by atoms with van der Waals surface area (Å²) in [5, 5.41) is 25.2. The third kappa shape index (κ3) is 6.50. The van der Waals surface area contributed by atoms with E-state index in [0.717, 1.165) is 0 Å². The molecule has 0 spiro atoms. The van der Waals surface area contributed by atoms with Crippen LogP contribution in [0.1, 0.15) is 36.1 Å². The van der Waals surface area contributed by atoms with Gasteiger partial charge >= 0.3 is 21.7 Å². The molecule has 4 aromatic carbocycles. The average molecular weight is 571 g/mol. The van der Waals surface area contributed by atoms with E-state index >= 15 is 0 Å². The van der Waals surface area contributed by atoms with Crippen molar-refractivity contribution in [3.05, 3.63) is 171 Å². The summed E-state index contributed by atoms with van der Waals surface area (Å²) in [7, 11) is 0. The molecule has 5 heteroatoms. The van der Waals surface area contributed by atoms with Gasteiger partial charge in [0.15, 0.2) is 5.79 Å². The first-order chi connectivity index (χ1) is 18.3. The van der Waals surface area contributed by atoms with Crippen molar-refractivity contribution in [2.24, 2.45) is 0 Å². The SMILES string of the molecule is C=C[CH2-].CC1(C)O[C@H](C(O)(c2ccccc2)c2ccccc2)[C@@H](C(O)(c2ccccc2)c2ccccc2)O1.[CH3-].[Ti+2]. The Morgan fingerprint density at radius 1 is 0.625 bits per heavy atom. The fourth-order valence-electron chi connectivity index (χ4n) is 5.13. The van der Waals surface area contributed by atoms with E-state index in [0.29, 0.717) is 22.3 Å². The van der Waals surface area contributed by atoms with E-state index in [4.69, 9.17) is 9.47 Å². The minimum Gasteiger partial charge on any atom is -0.378 e. The molecular weight excluding hydrogens is 532 g/mol. The summed E-state index contributed by atoms with van der Waals surface area (Å²) in [4.78, 5) is 0. The normalized spacial score (nSPS) is 17.8. The van der Waals surface area contributed by atoms with Gasteiger partial charge in [-0.2, -0.15) is 0 Å². The van der Waals surface area contributed by atoms with Crippen LogP contribution in [0.4, 0.5) is 0 Å². The van der Waals surface area contributed by atoms with Crippen molar-refractivity contribution < 1.29 is 41.4 Å². The Morgan fingerprint density at radius 3 is 1.02 bits per heavy atom. The van der Waals surface area contributed by atoms with E-state index in [9.17, 15) is 10.2 Å². The predicted octanol–water partition coefficient (Wildman–Crippen LogP) is 6.83. The third-order valence-electron chi connectivity index (χ3n) is 6.78. The van der Waals surface area contributed by atoms with Crippen LogP contribution in [0.5, 0.6) is 0 Å². The second kappa shape index (κ2) is 14.1. The zero-order chi connectivity index (χ0) is 27.2. The summed E-state index contributed by atoms with van der Waals surface area (Å²) >= 11 is 0. The maximum Gasteiger partial charge on any atom is 2.00 e. The van der Waals surface area contributed by atoms with Crippen LogP contribution >= 0.6 is 0 Å². The van der Waals surface area contributed by atoms with Crippen molar-refractivity contribution in [2.45, 2.75) is 43.0 Å². The molecule has 0 aliphatic carbocycles. The molecule has 0 amide bonds. The quantitative estimate of drug-likeness (QED) is 0.197. The molecule has 1 saturated heterocycles. The molecule has 40 heavy (non-hydrogen) atoms. The molecule has 4 nitrogen and oxygen atoms in total. The summed E-state index contributed by atoms with van der Waals surface area (Å²) in [6.07, 6.45) is -0.375. The van der Waals surface area contributed by atoms with Gasteiger partial charge in [-0.3, -0.25) is 0 Å². The molecule has 2 atom stereocenters. The second-order valence-corrected chi connectivity index (χ2v) is 9.76. The maximum atomic E-state index is 12.6. The Morgan fingerprint density at radius 2 is 0.825 bits per heavy atom. The molecule has 5 rings (SSSR count). The van der Waals surface area contributed by atoms with E-state index < -0.39 is 29.2 Å². The Kier molecular flexibility index (Phi) is 11.7. The Bertz CT molecular complexity index is 1120. The van der Waals surface area contributed by atoms with E-state index in [1.807, 2.05) is 135 Å². The first-order valence-corrected chi connectivity index (χ1v) is 12.7. The summed E-state index contributed by atoms with van der Waals surface area (Å²) in [6, 6.07) is 37.8. The number of ether oxygens (including phenoxy) is 2. The van der Waals surface area contributed by atoms with Crippen LogP contribution in [0, 0.1) is 14.4 Å². The monoisotopic (exact) mass is 570 g/mol. The molecular formula is C35H38O4Ti. The van der Waals surface area contributed by atoms with Gasteiger partial charge < -0.3 is 27.1 Å². The van der Waals surface area contributed by atoms with Gasteiger partial charge in [-0.1, -0.05) is 121 Å². The molecule has 0 unspecified atom stereocenters. The van der Waals surface area contributed by atoms with Crippen LogP contribution in [-0.4, -0.2) is 28.2 Å². The number of rotatable bonds is 6. The molecule has 1 aliphatic rings. The second-order valence-electron chi connectivity index (χ2n) is 9.76. The number of hydrogen-bond acceptors (Lipinski definition) is 4. The molecule has 1 fully saturated rings. The molecule has 206 valence electrons. The molecule has 1 heterocycles. The van der Waals surface area contributed by atoms with Crippen LogP contribution in [0.2, 0.25) is 0 Å². The van der Waals surface area contributed by atoms with Gasteiger partial charge in [0.25, 0.3) is 0 Å². The zero-order valence-electron chi connectivity index (χ0n) is 23.4. The first-order valence-electron chi connectivity index (χ1n) is 12.7. The number of benzene rings is 4. The van der Waals surface area contributed by atoms with Crippen LogP contribution in [0.3, 0.4) is 0 Å². The van der Waals surface area contributed by atoms with Gasteiger partial charge in [-0.05, 0) is 36.1 Å². The first kappa shape index (κ1) is 33.3. The summed E-state index contributed by atoms with van der Waals surface area (Å²) in [5.41, 5.74) is -0.564. The number of hydrogen-bond donors (Lipinski definition) is 2. The largest absolute Gasteiger partial charge is 2.00 e. The van der Waals surface area contributed by atoms with Crippen LogP contribution in [-0.2, 0) is 42.4 Å². The summed E-state index contributed by atoms with van der Waals surface area (Å²) in [5.74, 6) is -1.05. The molecule has 0 bridgehead atoms. The van der Waals surface area contributed by atoms with Crippen molar-refractivity contribution in [1.82, 2.24) is 0 Å². The minimum absolute atomic E-state index is 0. The predicted molar refractivity (Wildman–Crippen MR) is 158 cm³/mol. The summed E-state index contributed by atoms with van der Waals surface area (Å²) < 4.78 is 13.0. The Balaban J connectivity index is 0.00000107. The number of aliphatic hydroxyl groups is 2. The van der Waals surface area contributed by atoms with Gasteiger partial charge in [-0.15, -0.1) is 0 Å². The zero-order valence-corrected chi connectivity index (χ0v) is 25.0. The van der Waals surface area contributed by atoms with Crippen LogP contribution in [0.25, 0.3) is 0 Å². The molecule has 0 aromatic heterocycles. The number of allylic oxidation sites excluding steroid dienone is 1. The van der Waals surface area contributed by atoms with Gasteiger partial charge in [0.1, 0.15) is 23.4 Å². The van der Waals surface area contributed by atoms with Crippen molar-refractivity contribution >= 4 is 0 Å². The van der Waals surface area contributed by atoms with Gasteiger partial charge in [0.2, 0.25) is 0 Å². The van der Waals surface area contributed by atoms with Gasteiger partial charge in [-0.25, -0.2) is 19.6 Å². The maximum absolute atomic E-state index is 12.6. The molecule has 2 N–H and O–H groups in total. The van der Waals surface area contributed by atoms with Crippen molar-refractivity contribution in [3.8, 4) is 0 Å². The fraction of sp³-hybridized carbons (Fsp3) is 0.200. The van der Waals surface area contributed by atoms with E-state index in [1.165, 1.54) is 6.08 Å². The fourth-order valence-corrected chi connectivity index (χ4v) is 5.13. The topological polar surface area (TPSA) is 58.9 Å². The Labute approximate surface area is 254 Å². The molecule has 0 radical (unpaired) electrons. The summed E-state index contributed by atoms with van der Waals surface area (Å²) in [6.45, 7) is 10.1. The van der Waals surface area contributed by atoms with Crippen molar-refractivity contribution in [3.63, 3.8) is 0 Å². The van der Waals surface area contributed by atoms with Crippen LogP contribution in [0.15, 0.2) is 134 Å². The van der Waals surface area contributed by atoms with Gasteiger partial charge in [0.05, 0.1) is 0 Å². The average Bonchev–Trinajstić information content (AvgIpc) is 3.30. The smallest absolute Gasteiger partial charge is 0.378 e. The minimum atomic E-state index is -1.60.